The highest BCUT2D eigenvalue weighted by molar-refractivity contribution is 6.42. The summed E-state index contributed by atoms with van der Waals surface area (Å²) in [6, 6.07) is 8.76. The van der Waals surface area contributed by atoms with E-state index in [0.29, 0.717) is 26.6 Å². The molecule has 27 heavy (non-hydrogen) atoms. The zero-order chi connectivity index (χ0) is 19.4. The van der Waals surface area contributed by atoms with Gasteiger partial charge in [0.1, 0.15) is 6.61 Å². The third kappa shape index (κ3) is 4.86. The van der Waals surface area contributed by atoms with Crippen molar-refractivity contribution in [3.8, 4) is 11.5 Å². The number of ether oxygens (including phenoxy) is 2. The van der Waals surface area contributed by atoms with Gasteiger partial charge in [-0.2, -0.15) is 0 Å². The highest BCUT2D eigenvalue weighted by atomic mass is 35.5. The molecule has 6 nitrogen and oxygen atoms in total. The van der Waals surface area contributed by atoms with E-state index in [-0.39, 0.29) is 18.5 Å². The predicted molar refractivity (Wildman–Crippen MR) is 106 cm³/mol. The molecule has 3 rings (SSSR count). The first kappa shape index (κ1) is 19.4. The lowest BCUT2D eigenvalue weighted by Gasteiger charge is -2.13. The van der Waals surface area contributed by atoms with Crippen LogP contribution in [0.2, 0.25) is 15.1 Å². The maximum absolute atomic E-state index is 6.36. The molecular weight excluding hydrogens is 413 g/mol. The summed E-state index contributed by atoms with van der Waals surface area (Å²) in [7, 11) is 1.53. The van der Waals surface area contributed by atoms with Crippen LogP contribution < -0.4 is 15.2 Å². The summed E-state index contributed by atoms with van der Waals surface area (Å²) in [5.74, 6) is 1.18. The molecule has 9 heteroatoms. The Hall–Kier alpha value is -2.41. The van der Waals surface area contributed by atoms with Crippen LogP contribution in [0.1, 0.15) is 17.0 Å². The number of hydrogen-bond donors (Lipinski definition) is 1. The van der Waals surface area contributed by atoms with E-state index in [9.17, 15) is 0 Å². The Kier molecular flexibility index (Phi) is 6.11. The zero-order valence-corrected chi connectivity index (χ0v) is 16.3. The van der Waals surface area contributed by atoms with Gasteiger partial charge < -0.3 is 19.6 Å². The van der Waals surface area contributed by atoms with Gasteiger partial charge in [-0.3, -0.25) is 0 Å². The summed E-state index contributed by atoms with van der Waals surface area (Å²) >= 11 is 18.3. The number of rotatable bonds is 6. The lowest BCUT2D eigenvalue weighted by molar-refractivity contribution is 0.284. The van der Waals surface area contributed by atoms with Crippen molar-refractivity contribution >= 4 is 53.0 Å². The van der Waals surface area contributed by atoms with E-state index >= 15 is 0 Å². The number of nitrogen functional groups attached to an aromatic ring is 1. The first-order valence-electron chi connectivity index (χ1n) is 7.67. The minimum Gasteiger partial charge on any atom is -0.493 e. The molecule has 0 saturated heterocycles. The third-order valence-electron chi connectivity index (χ3n) is 3.49. The van der Waals surface area contributed by atoms with Crippen LogP contribution in [0.25, 0.3) is 12.2 Å². The zero-order valence-electron chi connectivity index (χ0n) is 14.1. The lowest BCUT2D eigenvalue weighted by atomic mass is 10.2. The fourth-order valence-electron chi connectivity index (χ4n) is 2.24. The van der Waals surface area contributed by atoms with E-state index in [1.54, 1.807) is 36.4 Å². The molecule has 0 aliphatic carbocycles. The number of hydrogen-bond acceptors (Lipinski definition) is 6. The average Bonchev–Trinajstić information content (AvgIpc) is 3.06. The molecule has 0 amide bonds. The molecule has 3 aromatic rings. The van der Waals surface area contributed by atoms with Crippen molar-refractivity contribution < 1.29 is 13.9 Å². The standard InChI is InChI=1S/C18H14Cl3N3O3/c1-25-15-8-10(3-5-16-23-24-18(22)27-16)6-14(21)17(15)26-9-11-2-4-12(19)13(20)7-11/h2-8H,9H2,1H3,(H2,22,24)/b5-3+. The van der Waals surface area contributed by atoms with Crippen LogP contribution in [-0.2, 0) is 6.61 Å². The van der Waals surface area contributed by atoms with Crippen LogP contribution in [-0.4, -0.2) is 17.3 Å². The number of benzene rings is 2. The van der Waals surface area contributed by atoms with Gasteiger partial charge in [0, 0.05) is 6.08 Å². The van der Waals surface area contributed by atoms with Crippen LogP contribution in [0, 0.1) is 0 Å². The van der Waals surface area contributed by atoms with Crippen LogP contribution in [0.5, 0.6) is 11.5 Å². The molecule has 0 spiro atoms. The van der Waals surface area contributed by atoms with Gasteiger partial charge in [0.05, 0.1) is 22.2 Å². The van der Waals surface area contributed by atoms with Gasteiger partial charge >= 0.3 is 6.01 Å². The second-order valence-electron chi connectivity index (χ2n) is 5.38. The molecule has 2 N–H and O–H groups in total. The smallest absolute Gasteiger partial charge is 0.313 e. The molecule has 1 heterocycles. The topological polar surface area (TPSA) is 83.4 Å². The molecule has 140 valence electrons. The first-order chi connectivity index (χ1) is 13.0. The highest BCUT2D eigenvalue weighted by Gasteiger charge is 2.12. The minimum absolute atomic E-state index is 0.00341. The van der Waals surface area contributed by atoms with Crippen LogP contribution in [0.4, 0.5) is 6.01 Å². The highest BCUT2D eigenvalue weighted by Crippen LogP contribution is 2.37. The normalized spacial score (nSPS) is 11.1. The van der Waals surface area contributed by atoms with Crippen LogP contribution in [0.3, 0.4) is 0 Å². The summed E-state index contributed by atoms with van der Waals surface area (Å²) in [6.07, 6.45) is 3.36. The fraction of sp³-hybridized carbons (Fsp3) is 0.111. The largest absolute Gasteiger partial charge is 0.493 e. The molecule has 1 aromatic heterocycles. The maximum Gasteiger partial charge on any atom is 0.313 e. The van der Waals surface area contributed by atoms with Crippen molar-refractivity contribution in [1.29, 1.82) is 0 Å². The van der Waals surface area contributed by atoms with Crippen molar-refractivity contribution in [3.63, 3.8) is 0 Å². The summed E-state index contributed by atoms with van der Waals surface area (Å²) in [6.45, 7) is 0.253. The maximum atomic E-state index is 6.36. The van der Waals surface area contributed by atoms with E-state index < -0.39 is 0 Å². The van der Waals surface area contributed by atoms with Crippen molar-refractivity contribution in [2.75, 3.05) is 12.8 Å². The Morgan fingerprint density at radius 2 is 1.85 bits per heavy atom. The first-order valence-corrected chi connectivity index (χ1v) is 8.81. The lowest BCUT2D eigenvalue weighted by Crippen LogP contribution is -1.99. The van der Waals surface area contributed by atoms with E-state index in [4.69, 9.17) is 54.4 Å². The van der Waals surface area contributed by atoms with Crippen LogP contribution >= 0.6 is 34.8 Å². The molecule has 0 saturated carbocycles. The minimum atomic E-state index is -0.00341. The second-order valence-corrected chi connectivity index (χ2v) is 6.60. The molecule has 0 bridgehead atoms. The van der Waals surface area contributed by atoms with Crippen molar-refractivity contribution in [2.45, 2.75) is 6.61 Å². The molecule has 2 aromatic carbocycles. The summed E-state index contributed by atoms with van der Waals surface area (Å²) in [5, 5.41) is 8.66. The monoisotopic (exact) mass is 425 g/mol. The van der Waals surface area contributed by atoms with Gasteiger partial charge in [0.25, 0.3) is 0 Å². The summed E-state index contributed by atoms with van der Waals surface area (Å²) < 4.78 is 16.3. The van der Waals surface area contributed by atoms with Crippen molar-refractivity contribution in [3.05, 3.63) is 62.4 Å². The fourth-order valence-corrected chi connectivity index (χ4v) is 2.84. The molecule has 0 radical (unpaired) electrons. The second kappa shape index (κ2) is 8.52. The van der Waals surface area contributed by atoms with Crippen LogP contribution in [0.15, 0.2) is 34.7 Å². The Balaban J connectivity index is 1.79. The predicted octanol–water partition coefficient (Wildman–Crippen LogP) is 5.37. The molecule has 0 fully saturated rings. The van der Waals surface area contributed by atoms with Gasteiger partial charge in [0.2, 0.25) is 5.89 Å². The average molecular weight is 427 g/mol. The molecule has 0 atom stereocenters. The SMILES string of the molecule is COc1cc(/C=C/c2nnc(N)o2)cc(Cl)c1OCc1ccc(Cl)c(Cl)c1. The van der Waals surface area contributed by atoms with Gasteiger partial charge in [-0.05, 0) is 41.5 Å². The van der Waals surface area contributed by atoms with Gasteiger partial charge in [-0.15, -0.1) is 5.10 Å². The number of halogens is 3. The Bertz CT molecular complexity index is 989. The molecule has 0 aliphatic rings. The van der Waals surface area contributed by atoms with Crippen molar-refractivity contribution in [1.82, 2.24) is 10.2 Å². The number of nitrogens with two attached hydrogens (primary N) is 1. The summed E-state index contributed by atoms with van der Waals surface area (Å²) in [4.78, 5) is 0. The molecule has 0 unspecified atom stereocenters. The number of anilines is 1. The number of methoxy groups -OCH3 is 1. The number of aromatic nitrogens is 2. The quantitative estimate of drug-likeness (QED) is 0.570. The Labute approximate surface area is 170 Å². The van der Waals surface area contributed by atoms with Crippen molar-refractivity contribution in [2.24, 2.45) is 0 Å². The van der Waals surface area contributed by atoms with E-state index in [2.05, 4.69) is 10.2 Å². The summed E-state index contributed by atoms with van der Waals surface area (Å²) in [5.41, 5.74) is 7.00. The third-order valence-corrected chi connectivity index (χ3v) is 4.51. The van der Waals surface area contributed by atoms with Gasteiger partial charge in [-0.1, -0.05) is 46.0 Å². The van der Waals surface area contributed by atoms with E-state index in [0.717, 1.165) is 11.1 Å². The Morgan fingerprint density at radius 3 is 2.52 bits per heavy atom. The van der Waals surface area contributed by atoms with Gasteiger partial charge in [0.15, 0.2) is 11.5 Å². The molecular formula is C18H14Cl3N3O3. The molecule has 0 aliphatic heterocycles. The van der Waals surface area contributed by atoms with E-state index in [1.807, 2.05) is 6.07 Å². The van der Waals surface area contributed by atoms with Gasteiger partial charge in [-0.25, -0.2) is 0 Å². The number of nitrogens with zero attached hydrogens (tertiary/aromatic N) is 2. The van der Waals surface area contributed by atoms with E-state index in [1.165, 1.54) is 7.11 Å². The Morgan fingerprint density at radius 1 is 1.04 bits per heavy atom.